The number of nitro groups is 1. The van der Waals surface area contributed by atoms with E-state index in [1.54, 1.807) is 29.2 Å². The highest BCUT2D eigenvalue weighted by Gasteiger charge is 2.32. The summed E-state index contributed by atoms with van der Waals surface area (Å²) in [4.78, 5) is 43.4. The first kappa shape index (κ1) is 31.0. The van der Waals surface area contributed by atoms with Crippen molar-refractivity contribution in [2.45, 2.75) is 13.0 Å². The van der Waals surface area contributed by atoms with Gasteiger partial charge in [0.2, 0.25) is 0 Å². The molecule has 3 aromatic rings. The number of carbonyl (C=O) groups excluding carboxylic acids is 1. The molecule has 3 N–H and O–H groups in total. The molecule has 0 spiro atoms. The van der Waals surface area contributed by atoms with Gasteiger partial charge in [-0.3, -0.25) is 19.7 Å². The normalized spacial score (nSPS) is 13.1. The number of aromatic nitrogens is 1. The minimum Gasteiger partial charge on any atom is -0.362 e. The Kier molecular flexibility index (Phi) is 11.5. The summed E-state index contributed by atoms with van der Waals surface area (Å²) in [5.74, 6) is -0.114. The lowest BCUT2D eigenvalue weighted by atomic mass is 10.1. The van der Waals surface area contributed by atoms with E-state index in [1.807, 2.05) is 48.2 Å². The maximum absolute atomic E-state index is 13.4. The fourth-order valence-corrected chi connectivity index (χ4v) is 4.66. The molecule has 206 valence electrons. The van der Waals surface area contributed by atoms with Crippen molar-refractivity contribution in [3.05, 3.63) is 79.6 Å². The predicted octanol–water partition coefficient (Wildman–Crippen LogP) is 4.49. The number of nitrogens with zero attached hydrogens (tertiary/aromatic N) is 5. The molecule has 4 rings (SSSR count). The topological polar surface area (TPSA) is 127 Å². The van der Waals surface area contributed by atoms with Gasteiger partial charge in [0.15, 0.2) is 0 Å². The molecule has 1 aromatic heterocycles. The number of benzene rings is 2. The predicted molar refractivity (Wildman–Crippen MR) is 154 cm³/mol. The first-order valence-corrected chi connectivity index (χ1v) is 13.0. The van der Waals surface area contributed by atoms with Crippen molar-refractivity contribution < 1.29 is 9.72 Å². The number of pyridine rings is 1. The molecule has 10 nitrogen and oxygen atoms in total. The molecule has 0 unspecified atom stereocenters. The Bertz CT molecular complexity index is 1310. The highest BCUT2D eigenvalue weighted by atomic mass is 35.5. The largest absolute Gasteiger partial charge is 0.362 e. The molecule has 12 heteroatoms. The number of fused-ring (bicyclic) bond motifs is 1. The van der Waals surface area contributed by atoms with Crippen LogP contribution in [0, 0.1) is 10.1 Å². The molecule has 0 aliphatic carbocycles. The molecule has 2 aromatic carbocycles. The van der Waals surface area contributed by atoms with Gasteiger partial charge < -0.3 is 25.4 Å². The number of amides is 1. The minimum atomic E-state index is -0.595. The zero-order chi connectivity index (χ0) is 27.1. The third-order valence-electron chi connectivity index (χ3n) is 6.27. The Morgan fingerprint density at radius 3 is 2.21 bits per heavy atom. The standard InChI is InChI=1S/C25H28ClN5O4.CH3Cl.H3N/c1-27(2)12-5-13-30-21-7-4-3-6-20(21)22(23(25(30)33)31(34)35)28-14-16-29(17-15-28)24(32)18-8-10-19(26)11-9-18;1-2;/h3-4,6-11H,5,12-17H2,1-2H3;1H3;1H3. The number of halogens is 2. The van der Waals surface area contributed by atoms with Crippen molar-refractivity contribution >= 4 is 51.4 Å². The molecule has 1 aliphatic heterocycles. The number of alkyl halides is 1. The van der Waals surface area contributed by atoms with Gasteiger partial charge in [-0.15, -0.1) is 11.6 Å². The van der Waals surface area contributed by atoms with Crippen molar-refractivity contribution in [3.8, 4) is 0 Å². The third kappa shape index (κ3) is 6.82. The average molecular weight is 566 g/mol. The molecule has 1 fully saturated rings. The Morgan fingerprint density at radius 2 is 1.63 bits per heavy atom. The lowest BCUT2D eigenvalue weighted by molar-refractivity contribution is -0.385. The third-order valence-corrected chi connectivity index (χ3v) is 6.52. The van der Waals surface area contributed by atoms with Crippen molar-refractivity contribution in [1.29, 1.82) is 0 Å². The Morgan fingerprint density at radius 1 is 1.03 bits per heavy atom. The summed E-state index contributed by atoms with van der Waals surface area (Å²) in [6, 6.07) is 14.0. The number of piperazine rings is 1. The molecule has 1 saturated heterocycles. The van der Waals surface area contributed by atoms with Crippen LogP contribution in [0.1, 0.15) is 16.8 Å². The molecular weight excluding hydrogens is 531 g/mol. The summed E-state index contributed by atoms with van der Waals surface area (Å²) in [5, 5.41) is 13.4. The molecule has 0 radical (unpaired) electrons. The summed E-state index contributed by atoms with van der Waals surface area (Å²) < 4.78 is 1.51. The molecule has 1 amide bonds. The smallest absolute Gasteiger partial charge is 0.357 e. The second-order valence-corrected chi connectivity index (χ2v) is 9.31. The van der Waals surface area contributed by atoms with E-state index in [1.165, 1.54) is 11.0 Å². The van der Waals surface area contributed by atoms with Gasteiger partial charge in [-0.1, -0.05) is 29.8 Å². The van der Waals surface area contributed by atoms with Crippen LogP contribution < -0.4 is 16.6 Å². The van der Waals surface area contributed by atoms with Crippen LogP contribution in [0.3, 0.4) is 0 Å². The van der Waals surface area contributed by atoms with E-state index in [-0.39, 0.29) is 12.1 Å². The maximum atomic E-state index is 13.4. The van der Waals surface area contributed by atoms with Gasteiger partial charge in [-0.05, 0) is 57.4 Å². The second kappa shape index (κ2) is 14.1. The van der Waals surface area contributed by atoms with E-state index < -0.39 is 16.2 Å². The van der Waals surface area contributed by atoms with Crippen LogP contribution in [0.2, 0.25) is 5.02 Å². The number of hydrogen-bond acceptors (Lipinski definition) is 7. The van der Waals surface area contributed by atoms with Crippen LogP contribution in [0.25, 0.3) is 10.9 Å². The summed E-state index contributed by atoms with van der Waals surface area (Å²) >= 11 is 10.6. The number of aryl methyl sites for hydroxylation is 1. The summed E-state index contributed by atoms with van der Waals surface area (Å²) in [5.41, 5.74) is 0.544. The fraction of sp³-hybridized carbons (Fsp3) is 0.385. The van der Waals surface area contributed by atoms with Crippen LogP contribution in [-0.4, -0.2) is 78.4 Å². The molecule has 0 saturated carbocycles. The van der Waals surface area contributed by atoms with Gasteiger partial charge in [0.1, 0.15) is 5.69 Å². The van der Waals surface area contributed by atoms with Crippen LogP contribution in [0.4, 0.5) is 11.4 Å². The number of anilines is 1. The number of rotatable bonds is 7. The summed E-state index contributed by atoms with van der Waals surface area (Å²) in [6.07, 6.45) is 2.17. The van der Waals surface area contributed by atoms with Gasteiger partial charge >= 0.3 is 11.2 Å². The number of carbonyl (C=O) groups is 1. The number of hydrogen-bond donors (Lipinski definition) is 1. The molecular formula is C26H34Cl2N6O4. The maximum Gasteiger partial charge on any atom is 0.357 e. The first-order valence-electron chi connectivity index (χ1n) is 11.9. The van der Waals surface area contributed by atoms with Crippen LogP contribution in [0.5, 0.6) is 0 Å². The van der Waals surface area contributed by atoms with Crippen molar-refractivity contribution in [2.24, 2.45) is 0 Å². The van der Waals surface area contributed by atoms with Crippen LogP contribution >= 0.6 is 23.2 Å². The van der Waals surface area contributed by atoms with Crippen molar-refractivity contribution in [3.63, 3.8) is 0 Å². The average Bonchev–Trinajstić information content (AvgIpc) is 2.90. The van der Waals surface area contributed by atoms with Gasteiger partial charge in [-0.25, -0.2) is 0 Å². The zero-order valence-corrected chi connectivity index (χ0v) is 23.4. The summed E-state index contributed by atoms with van der Waals surface area (Å²) in [6.45, 7) is 2.70. The monoisotopic (exact) mass is 564 g/mol. The SMILES string of the molecule is CCl.CN(C)CCCn1c(=O)c([N+](=O)[O-])c(N2CCN(C(=O)c3ccc(Cl)cc3)CC2)c2ccccc21.N. The first-order chi connectivity index (χ1) is 17.8. The quantitative estimate of drug-likeness (QED) is 0.254. The molecule has 38 heavy (non-hydrogen) atoms. The van der Waals surface area contributed by atoms with Gasteiger partial charge in [0, 0.05) is 55.1 Å². The zero-order valence-electron chi connectivity index (χ0n) is 21.9. The lowest BCUT2D eigenvalue weighted by Gasteiger charge is -2.36. The molecule has 2 heterocycles. The van der Waals surface area contributed by atoms with Gasteiger partial charge in [0.05, 0.1) is 10.4 Å². The molecule has 0 atom stereocenters. The van der Waals surface area contributed by atoms with E-state index in [0.29, 0.717) is 66.3 Å². The summed E-state index contributed by atoms with van der Waals surface area (Å²) in [7, 11) is 3.90. The van der Waals surface area contributed by atoms with E-state index in [4.69, 9.17) is 11.6 Å². The van der Waals surface area contributed by atoms with Gasteiger partial charge in [0.25, 0.3) is 5.91 Å². The van der Waals surface area contributed by atoms with E-state index in [0.717, 1.165) is 6.54 Å². The highest BCUT2D eigenvalue weighted by Crippen LogP contribution is 2.34. The van der Waals surface area contributed by atoms with Crippen molar-refractivity contribution in [1.82, 2.24) is 20.5 Å². The lowest BCUT2D eigenvalue weighted by Crippen LogP contribution is -2.49. The fourth-order valence-electron chi connectivity index (χ4n) is 4.54. The van der Waals surface area contributed by atoms with Crippen molar-refractivity contribution in [2.75, 3.05) is 58.1 Å². The number of para-hydroxylation sites is 1. The second-order valence-electron chi connectivity index (χ2n) is 8.87. The van der Waals surface area contributed by atoms with Gasteiger partial charge in [-0.2, -0.15) is 0 Å². The highest BCUT2D eigenvalue weighted by molar-refractivity contribution is 6.30. The minimum absolute atomic E-state index is 0. The Hall–Kier alpha value is -3.18. The van der Waals surface area contributed by atoms with Crippen LogP contribution in [-0.2, 0) is 6.54 Å². The van der Waals surface area contributed by atoms with E-state index in [9.17, 15) is 19.7 Å². The Labute approximate surface area is 232 Å². The van der Waals surface area contributed by atoms with E-state index >= 15 is 0 Å². The van der Waals surface area contributed by atoms with Crippen LogP contribution in [0.15, 0.2) is 53.3 Å². The molecule has 0 bridgehead atoms. The molecule has 1 aliphatic rings. The Balaban J connectivity index is 0.00000165. The van der Waals surface area contributed by atoms with E-state index in [2.05, 4.69) is 11.6 Å².